The molecule has 1 aromatic rings. The molecule has 1 aliphatic rings. The minimum atomic E-state index is -3.42. The van der Waals surface area contributed by atoms with Crippen LogP contribution in [0.3, 0.4) is 0 Å². The number of carbonyl (C=O) groups excluding carboxylic acids is 1. The Morgan fingerprint density at radius 1 is 1.25 bits per heavy atom. The van der Waals surface area contributed by atoms with Gasteiger partial charge in [-0.15, -0.1) is 0 Å². The summed E-state index contributed by atoms with van der Waals surface area (Å²) in [6.07, 6.45) is -0.0218. The number of aryl methyl sites for hydroxylation is 1. The first-order valence-electron chi connectivity index (χ1n) is 8.26. The Labute approximate surface area is 144 Å². The summed E-state index contributed by atoms with van der Waals surface area (Å²) in [5.41, 5.74) is 1.00. The van der Waals surface area contributed by atoms with E-state index in [0.717, 1.165) is 18.7 Å². The molecule has 6 nitrogen and oxygen atoms in total. The molecule has 1 heterocycles. The van der Waals surface area contributed by atoms with Crippen molar-refractivity contribution in [3.63, 3.8) is 0 Å². The fourth-order valence-electron chi connectivity index (χ4n) is 2.59. The summed E-state index contributed by atoms with van der Waals surface area (Å²) in [4.78, 5) is 14.5. The lowest BCUT2D eigenvalue weighted by atomic mass is 10.2. The van der Waals surface area contributed by atoms with Crippen molar-refractivity contribution in [2.45, 2.75) is 31.2 Å². The molecule has 1 atom stereocenters. The zero-order chi connectivity index (χ0) is 17.6. The Kier molecular flexibility index (Phi) is 6.77. The van der Waals surface area contributed by atoms with Gasteiger partial charge in [-0.1, -0.05) is 17.7 Å². The molecule has 134 valence electrons. The monoisotopic (exact) mass is 354 g/mol. The highest BCUT2D eigenvalue weighted by molar-refractivity contribution is 7.91. The van der Waals surface area contributed by atoms with E-state index in [0.29, 0.717) is 19.8 Å². The fraction of sp³-hybridized carbons (Fsp3) is 0.588. The Hall–Kier alpha value is -1.44. The average molecular weight is 354 g/mol. The van der Waals surface area contributed by atoms with Crippen LogP contribution in [0.1, 0.15) is 18.9 Å². The van der Waals surface area contributed by atoms with Crippen LogP contribution < -0.4 is 5.32 Å². The maximum atomic E-state index is 12.2. The standard InChI is InChI=1S/C17H26N2O4S/c1-14-3-5-16(6-4-14)24(21,22)12-7-17(20)18-13-15(2)19-8-10-23-11-9-19/h3-6,15H,7-13H2,1-2H3,(H,18,20). The van der Waals surface area contributed by atoms with E-state index < -0.39 is 9.84 Å². The molecule has 0 radical (unpaired) electrons. The number of benzene rings is 1. The van der Waals surface area contributed by atoms with Crippen molar-refractivity contribution in [2.24, 2.45) is 0 Å². The van der Waals surface area contributed by atoms with Crippen molar-refractivity contribution in [1.82, 2.24) is 10.2 Å². The topological polar surface area (TPSA) is 75.7 Å². The predicted molar refractivity (Wildman–Crippen MR) is 92.7 cm³/mol. The lowest BCUT2D eigenvalue weighted by Crippen LogP contribution is -2.47. The normalized spacial score (nSPS) is 17.4. The number of rotatable bonds is 7. The molecule has 1 aliphatic heterocycles. The number of hydrogen-bond acceptors (Lipinski definition) is 5. The van der Waals surface area contributed by atoms with E-state index >= 15 is 0 Å². The van der Waals surface area contributed by atoms with Crippen molar-refractivity contribution >= 4 is 15.7 Å². The van der Waals surface area contributed by atoms with Gasteiger partial charge in [0.1, 0.15) is 0 Å². The van der Waals surface area contributed by atoms with Gasteiger partial charge in [-0.25, -0.2) is 8.42 Å². The van der Waals surface area contributed by atoms with Gasteiger partial charge in [-0.05, 0) is 26.0 Å². The fourth-order valence-corrected chi connectivity index (χ4v) is 3.83. The first-order chi connectivity index (χ1) is 11.4. The van der Waals surface area contributed by atoms with E-state index in [2.05, 4.69) is 17.1 Å². The summed E-state index contributed by atoms with van der Waals surface area (Å²) in [6, 6.07) is 6.91. The van der Waals surface area contributed by atoms with Crippen LogP contribution in [0.2, 0.25) is 0 Å². The quantitative estimate of drug-likeness (QED) is 0.790. The molecule has 2 rings (SSSR count). The highest BCUT2D eigenvalue weighted by Crippen LogP contribution is 2.13. The summed E-state index contributed by atoms with van der Waals surface area (Å²) in [6.45, 7) is 7.62. The lowest BCUT2D eigenvalue weighted by Gasteiger charge is -2.32. The molecular weight excluding hydrogens is 328 g/mol. The third-order valence-electron chi connectivity index (χ3n) is 4.24. The third-order valence-corrected chi connectivity index (χ3v) is 5.97. The SMILES string of the molecule is Cc1ccc(S(=O)(=O)CCC(=O)NCC(C)N2CCOCC2)cc1. The molecule has 7 heteroatoms. The number of carbonyl (C=O) groups is 1. The van der Waals surface area contributed by atoms with Crippen LogP contribution in [0.5, 0.6) is 0 Å². The van der Waals surface area contributed by atoms with Crippen LogP contribution >= 0.6 is 0 Å². The molecule has 1 unspecified atom stereocenters. The molecule has 1 amide bonds. The van der Waals surface area contributed by atoms with Crippen LogP contribution in [0.15, 0.2) is 29.2 Å². The summed E-state index contributed by atoms with van der Waals surface area (Å²) < 4.78 is 29.8. The number of nitrogens with one attached hydrogen (secondary N) is 1. The zero-order valence-electron chi connectivity index (χ0n) is 14.3. The summed E-state index contributed by atoms with van der Waals surface area (Å²) in [5, 5.41) is 2.83. The zero-order valence-corrected chi connectivity index (χ0v) is 15.1. The van der Waals surface area contributed by atoms with E-state index in [-0.39, 0.29) is 29.0 Å². The van der Waals surface area contributed by atoms with E-state index in [1.165, 1.54) is 0 Å². The highest BCUT2D eigenvalue weighted by Gasteiger charge is 2.19. The van der Waals surface area contributed by atoms with Crippen molar-refractivity contribution in [3.05, 3.63) is 29.8 Å². The van der Waals surface area contributed by atoms with E-state index in [9.17, 15) is 13.2 Å². The summed E-state index contributed by atoms with van der Waals surface area (Å²) in [7, 11) is -3.42. The Morgan fingerprint density at radius 3 is 2.50 bits per heavy atom. The smallest absolute Gasteiger partial charge is 0.221 e. The van der Waals surface area contributed by atoms with Crippen molar-refractivity contribution in [3.8, 4) is 0 Å². The molecular formula is C17H26N2O4S. The largest absolute Gasteiger partial charge is 0.379 e. The molecule has 0 bridgehead atoms. The molecule has 1 saturated heterocycles. The lowest BCUT2D eigenvalue weighted by molar-refractivity contribution is -0.121. The average Bonchev–Trinajstić information content (AvgIpc) is 2.59. The number of nitrogens with zero attached hydrogens (tertiary/aromatic N) is 1. The van der Waals surface area contributed by atoms with Crippen molar-refractivity contribution < 1.29 is 17.9 Å². The third kappa shape index (κ3) is 5.58. The van der Waals surface area contributed by atoms with Crippen molar-refractivity contribution in [1.29, 1.82) is 0 Å². The molecule has 1 fully saturated rings. The van der Waals surface area contributed by atoms with E-state index in [4.69, 9.17) is 4.74 Å². The maximum Gasteiger partial charge on any atom is 0.221 e. The van der Waals surface area contributed by atoms with Crippen LogP contribution in [-0.4, -0.2) is 63.9 Å². The molecule has 0 spiro atoms. The number of sulfone groups is 1. The van der Waals surface area contributed by atoms with Gasteiger partial charge < -0.3 is 10.1 Å². The van der Waals surface area contributed by atoms with Crippen LogP contribution in [-0.2, 0) is 19.4 Å². The molecule has 24 heavy (non-hydrogen) atoms. The van der Waals surface area contributed by atoms with Crippen LogP contribution in [0, 0.1) is 6.92 Å². The second-order valence-corrected chi connectivity index (χ2v) is 8.29. The van der Waals surface area contributed by atoms with Gasteiger partial charge >= 0.3 is 0 Å². The number of morpholine rings is 1. The van der Waals surface area contributed by atoms with Gasteiger partial charge in [0.15, 0.2) is 9.84 Å². The van der Waals surface area contributed by atoms with Gasteiger partial charge in [0.25, 0.3) is 0 Å². The first kappa shape index (κ1) is 18.9. The Balaban J connectivity index is 1.76. The van der Waals surface area contributed by atoms with Gasteiger partial charge in [-0.2, -0.15) is 0 Å². The van der Waals surface area contributed by atoms with E-state index in [1.54, 1.807) is 24.3 Å². The van der Waals surface area contributed by atoms with Gasteiger partial charge in [0, 0.05) is 32.1 Å². The Bertz CT molecular complexity index is 637. The molecule has 0 saturated carbocycles. The summed E-state index contributed by atoms with van der Waals surface area (Å²) in [5.74, 6) is -0.404. The number of hydrogen-bond donors (Lipinski definition) is 1. The maximum absolute atomic E-state index is 12.2. The second-order valence-electron chi connectivity index (χ2n) is 6.18. The minimum Gasteiger partial charge on any atom is -0.379 e. The molecule has 0 aliphatic carbocycles. The number of amides is 1. The van der Waals surface area contributed by atoms with E-state index in [1.807, 2.05) is 6.92 Å². The predicted octanol–water partition coefficient (Wildman–Crippen LogP) is 0.996. The Morgan fingerprint density at radius 2 is 1.88 bits per heavy atom. The first-order valence-corrected chi connectivity index (χ1v) is 9.91. The molecule has 1 aromatic carbocycles. The molecule has 0 aromatic heterocycles. The molecule has 1 N–H and O–H groups in total. The van der Waals surface area contributed by atoms with Gasteiger partial charge in [-0.3, -0.25) is 9.69 Å². The van der Waals surface area contributed by atoms with Crippen molar-refractivity contribution in [2.75, 3.05) is 38.6 Å². The minimum absolute atomic E-state index is 0.0218. The number of ether oxygens (including phenoxy) is 1. The van der Waals surface area contributed by atoms with Crippen LogP contribution in [0.25, 0.3) is 0 Å². The van der Waals surface area contributed by atoms with Crippen LogP contribution in [0.4, 0.5) is 0 Å². The van der Waals surface area contributed by atoms with Gasteiger partial charge in [0.05, 0.1) is 23.9 Å². The van der Waals surface area contributed by atoms with Gasteiger partial charge in [0.2, 0.25) is 5.91 Å². The second kappa shape index (κ2) is 8.60. The summed E-state index contributed by atoms with van der Waals surface area (Å²) >= 11 is 0. The highest BCUT2D eigenvalue weighted by atomic mass is 32.2.